The molecule has 80 valence electrons. The summed E-state index contributed by atoms with van der Waals surface area (Å²) in [4.78, 5) is 14.9. The summed E-state index contributed by atoms with van der Waals surface area (Å²) in [5.74, 6) is -0.942. The van der Waals surface area contributed by atoms with Crippen LogP contribution in [0.2, 0.25) is 0 Å². The number of nitrogens with one attached hydrogen (secondary N) is 1. The van der Waals surface area contributed by atoms with Crippen LogP contribution in [0, 0.1) is 0 Å². The van der Waals surface area contributed by atoms with E-state index < -0.39 is 5.97 Å². The van der Waals surface area contributed by atoms with Gasteiger partial charge < -0.3 is 15.2 Å². The van der Waals surface area contributed by atoms with E-state index in [0.717, 1.165) is 6.54 Å². The number of hydrogen-bond acceptors (Lipinski definition) is 4. The molecule has 0 saturated carbocycles. The van der Waals surface area contributed by atoms with Crippen LogP contribution in [-0.2, 0) is 4.74 Å². The molecule has 0 aliphatic carbocycles. The van der Waals surface area contributed by atoms with E-state index in [-0.39, 0.29) is 11.7 Å². The molecule has 0 bridgehead atoms. The Kier molecular flexibility index (Phi) is 2.94. The quantitative estimate of drug-likeness (QED) is 0.738. The Morgan fingerprint density at radius 2 is 2.53 bits per heavy atom. The van der Waals surface area contributed by atoms with Gasteiger partial charge in [-0.15, -0.1) is 0 Å². The van der Waals surface area contributed by atoms with Gasteiger partial charge in [-0.05, 0) is 12.1 Å². The second-order valence-electron chi connectivity index (χ2n) is 3.34. The highest BCUT2D eigenvalue weighted by Gasteiger charge is 2.17. The van der Waals surface area contributed by atoms with Gasteiger partial charge in [-0.1, -0.05) is 0 Å². The van der Waals surface area contributed by atoms with Crippen LogP contribution in [-0.4, -0.2) is 35.8 Å². The summed E-state index contributed by atoms with van der Waals surface area (Å²) in [6, 6.07) is 3.03. The SMILES string of the molecule is O=C(O)c1ccnc(C2CNCCO2)c1. The van der Waals surface area contributed by atoms with Crippen LogP contribution in [0.3, 0.4) is 0 Å². The number of carboxylic acids is 1. The summed E-state index contributed by atoms with van der Waals surface area (Å²) < 4.78 is 5.48. The van der Waals surface area contributed by atoms with Crippen LogP contribution in [0.5, 0.6) is 0 Å². The molecule has 5 nitrogen and oxygen atoms in total. The molecule has 1 aromatic rings. The molecule has 0 aromatic carbocycles. The summed E-state index contributed by atoms with van der Waals surface area (Å²) >= 11 is 0. The van der Waals surface area contributed by atoms with Gasteiger partial charge in [0.25, 0.3) is 0 Å². The molecule has 2 N–H and O–H groups in total. The number of morpholine rings is 1. The van der Waals surface area contributed by atoms with Crippen LogP contribution < -0.4 is 5.32 Å². The first-order chi connectivity index (χ1) is 7.27. The summed E-state index contributed by atoms with van der Waals surface area (Å²) in [7, 11) is 0. The number of nitrogens with zero attached hydrogens (tertiary/aromatic N) is 1. The first kappa shape index (κ1) is 10.1. The molecule has 1 saturated heterocycles. The number of ether oxygens (including phenoxy) is 1. The number of rotatable bonds is 2. The fourth-order valence-corrected chi connectivity index (χ4v) is 1.51. The molecule has 0 amide bonds. The minimum atomic E-state index is -0.942. The van der Waals surface area contributed by atoms with Crippen molar-refractivity contribution in [2.45, 2.75) is 6.10 Å². The fraction of sp³-hybridized carbons (Fsp3) is 0.400. The first-order valence-electron chi connectivity index (χ1n) is 4.79. The summed E-state index contributed by atoms with van der Waals surface area (Å²) in [5, 5.41) is 12.0. The normalized spacial score (nSPS) is 21.2. The smallest absolute Gasteiger partial charge is 0.335 e. The molecule has 15 heavy (non-hydrogen) atoms. The molecule has 1 atom stereocenters. The highest BCUT2D eigenvalue weighted by molar-refractivity contribution is 5.87. The van der Waals surface area contributed by atoms with Gasteiger partial charge in [0, 0.05) is 19.3 Å². The van der Waals surface area contributed by atoms with E-state index in [1.807, 2.05) is 0 Å². The average molecular weight is 208 g/mol. The predicted octanol–water partition coefficient (Wildman–Crippen LogP) is 0.441. The monoisotopic (exact) mass is 208 g/mol. The first-order valence-corrected chi connectivity index (χ1v) is 4.79. The van der Waals surface area contributed by atoms with Gasteiger partial charge in [-0.25, -0.2) is 4.79 Å². The van der Waals surface area contributed by atoms with E-state index in [2.05, 4.69) is 10.3 Å². The zero-order valence-electron chi connectivity index (χ0n) is 8.14. The van der Waals surface area contributed by atoms with Crippen LogP contribution >= 0.6 is 0 Å². The molecule has 1 aliphatic heterocycles. The van der Waals surface area contributed by atoms with E-state index >= 15 is 0 Å². The lowest BCUT2D eigenvalue weighted by molar-refractivity contribution is 0.0249. The molecule has 2 heterocycles. The van der Waals surface area contributed by atoms with Crippen molar-refractivity contribution in [2.75, 3.05) is 19.7 Å². The lowest BCUT2D eigenvalue weighted by atomic mass is 10.1. The maximum Gasteiger partial charge on any atom is 0.335 e. The third kappa shape index (κ3) is 2.31. The summed E-state index contributed by atoms with van der Waals surface area (Å²) in [6.45, 7) is 2.13. The second kappa shape index (κ2) is 4.37. The minimum Gasteiger partial charge on any atom is -0.478 e. The van der Waals surface area contributed by atoms with Gasteiger partial charge in [0.2, 0.25) is 0 Å². The van der Waals surface area contributed by atoms with E-state index in [0.29, 0.717) is 18.8 Å². The molecule has 1 fully saturated rings. The van der Waals surface area contributed by atoms with E-state index in [1.54, 1.807) is 6.07 Å². The zero-order chi connectivity index (χ0) is 10.7. The van der Waals surface area contributed by atoms with Crippen molar-refractivity contribution in [3.05, 3.63) is 29.6 Å². The molecule has 0 spiro atoms. The zero-order valence-corrected chi connectivity index (χ0v) is 8.14. The maximum absolute atomic E-state index is 10.8. The van der Waals surface area contributed by atoms with Crippen molar-refractivity contribution >= 4 is 5.97 Å². The molecule has 0 radical (unpaired) electrons. The van der Waals surface area contributed by atoms with Gasteiger partial charge in [0.05, 0.1) is 17.9 Å². The van der Waals surface area contributed by atoms with Gasteiger partial charge in [-0.3, -0.25) is 4.98 Å². The Hall–Kier alpha value is -1.46. The molecule has 2 rings (SSSR count). The minimum absolute atomic E-state index is 0.141. The fourth-order valence-electron chi connectivity index (χ4n) is 1.51. The number of aromatic carboxylic acids is 1. The van der Waals surface area contributed by atoms with Crippen LogP contribution in [0.15, 0.2) is 18.3 Å². The third-order valence-electron chi connectivity index (χ3n) is 2.29. The van der Waals surface area contributed by atoms with Crippen molar-refractivity contribution in [3.63, 3.8) is 0 Å². The van der Waals surface area contributed by atoms with Crippen LogP contribution in [0.1, 0.15) is 22.2 Å². The van der Waals surface area contributed by atoms with Crippen molar-refractivity contribution in [3.8, 4) is 0 Å². The number of carbonyl (C=O) groups is 1. The predicted molar refractivity (Wildman–Crippen MR) is 52.8 cm³/mol. The van der Waals surface area contributed by atoms with E-state index in [1.165, 1.54) is 12.3 Å². The molecule has 5 heteroatoms. The lowest BCUT2D eigenvalue weighted by Crippen LogP contribution is -2.33. The van der Waals surface area contributed by atoms with Gasteiger partial charge in [0.15, 0.2) is 0 Å². The molecule has 1 unspecified atom stereocenters. The molecule has 1 aromatic heterocycles. The Morgan fingerprint density at radius 3 is 3.20 bits per heavy atom. The summed E-state index contributed by atoms with van der Waals surface area (Å²) in [6.07, 6.45) is 1.36. The number of aromatic nitrogens is 1. The third-order valence-corrected chi connectivity index (χ3v) is 2.29. The van der Waals surface area contributed by atoms with Crippen molar-refractivity contribution < 1.29 is 14.6 Å². The molecular formula is C10H12N2O3. The Labute approximate surface area is 87.1 Å². The molecule has 1 aliphatic rings. The average Bonchev–Trinajstić information content (AvgIpc) is 2.30. The van der Waals surface area contributed by atoms with Gasteiger partial charge in [0.1, 0.15) is 6.10 Å². The summed E-state index contributed by atoms with van der Waals surface area (Å²) in [5.41, 5.74) is 0.913. The Morgan fingerprint density at radius 1 is 1.67 bits per heavy atom. The standard InChI is InChI=1S/C10H12N2O3/c13-10(14)7-1-2-12-8(5-7)9-6-11-3-4-15-9/h1-2,5,9,11H,3-4,6H2,(H,13,14). The van der Waals surface area contributed by atoms with E-state index in [4.69, 9.17) is 9.84 Å². The number of pyridine rings is 1. The van der Waals surface area contributed by atoms with Gasteiger partial charge >= 0.3 is 5.97 Å². The largest absolute Gasteiger partial charge is 0.478 e. The van der Waals surface area contributed by atoms with Crippen LogP contribution in [0.25, 0.3) is 0 Å². The molecular weight excluding hydrogens is 196 g/mol. The van der Waals surface area contributed by atoms with Crippen molar-refractivity contribution in [1.82, 2.24) is 10.3 Å². The van der Waals surface area contributed by atoms with Crippen molar-refractivity contribution in [1.29, 1.82) is 0 Å². The number of carboxylic acid groups (broad SMARTS) is 1. The van der Waals surface area contributed by atoms with Crippen LogP contribution in [0.4, 0.5) is 0 Å². The van der Waals surface area contributed by atoms with E-state index in [9.17, 15) is 4.79 Å². The highest BCUT2D eigenvalue weighted by Crippen LogP contribution is 2.17. The second-order valence-corrected chi connectivity index (χ2v) is 3.34. The van der Waals surface area contributed by atoms with Crippen molar-refractivity contribution in [2.24, 2.45) is 0 Å². The lowest BCUT2D eigenvalue weighted by Gasteiger charge is -2.23. The van der Waals surface area contributed by atoms with Gasteiger partial charge in [-0.2, -0.15) is 0 Å². The Balaban J connectivity index is 2.19. The number of hydrogen-bond donors (Lipinski definition) is 2. The Bertz CT molecular complexity index is 361. The topological polar surface area (TPSA) is 71.5 Å². The highest BCUT2D eigenvalue weighted by atomic mass is 16.5. The maximum atomic E-state index is 10.8.